The number of carbonyl (C=O) groups is 2. The van der Waals surface area contributed by atoms with Crippen LogP contribution in [0.25, 0.3) is 5.76 Å². The molecule has 2 saturated heterocycles. The quantitative estimate of drug-likeness (QED) is 0.240. The zero-order valence-corrected chi connectivity index (χ0v) is 20.9. The fourth-order valence-corrected chi connectivity index (χ4v) is 6.20. The summed E-state index contributed by atoms with van der Waals surface area (Å²) < 4.78 is 32.5. The standard InChI is InChI=1S/C26H30N2O7S/c1-35-17-5-16-28-23(18-6-10-20(29)11-7-18)22(25(31)26(28)32)24(30)19-8-12-21(13-9-19)36(33,34)27-14-3-2-4-15-27/h6-13,23,29-30H,2-5,14-17H2,1H3/t23-/m0/s1. The predicted molar refractivity (Wildman–Crippen MR) is 133 cm³/mol. The summed E-state index contributed by atoms with van der Waals surface area (Å²) in [4.78, 5) is 27.5. The smallest absolute Gasteiger partial charge is 0.295 e. The molecule has 0 aliphatic carbocycles. The number of benzene rings is 2. The maximum Gasteiger partial charge on any atom is 0.295 e. The number of sulfonamides is 1. The molecule has 0 bridgehead atoms. The minimum atomic E-state index is -3.65. The number of amides is 1. The van der Waals surface area contributed by atoms with Crippen LogP contribution in [0.5, 0.6) is 5.75 Å². The molecule has 0 unspecified atom stereocenters. The van der Waals surface area contributed by atoms with E-state index in [0.717, 1.165) is 19.3 Å². The Labute approximate surface area is 210 Å². The molecule has 2 aliphatic rings. The SMILES string of the molecule is COCCCN1C(=O)C(=O)C(=C(O)c2ccc(S(=O)(=O)N3CCCCC3)cc2)[C@@H]1c1ccc(O)cc1. The molecule has 2 aromatic carbocycles. The molecule has 0 radical (unpaired) electrons. The predicted octanol–water partition coefficient (Wildman–Crippen LogP) is 3.03. The van der Waals surface area contributed by atoms with E-state index in [4.69, 9.17) is 4.74 Å². The van der Waals surface area contributed by atoms with Crippen LogP contribution in [0.2, 0.25) is 0 Å². The maximum atomic E-state index is 13.1. The first-order valence-electron chi connectivity index (χ1n) is 11.9. The number of likely N-dealkylation sites (tertiary alicyclic amines) is 1. The van der Waals surface area contributed by atoms with Gasteiger partial charge in [-0.1, -0.05) is 18.6 Å². The van der Waals surface area contributed by atoms with E-state index in [1.807, 2.05) is 0 Å². The summed E-state index contributed by atoms with van der Waals surface area (Å²) in [6, 6.07) is 10.9. The lowest BCUT2D eigenvalue weighted by Crippen LogP contribution is -2.35. The number of phenolic OH excluding ortho intramolecular Hbond substituents is 1. The van der Waals surface area contributed by atoms with Crippen molar-refractivity contribution in [1.82, 2.24) is 9.21 Å². The average molecular weight is 515 g/mol. The Morgan fingerprint density at radius 1 is 1.00 bits per heavy atom. The Kier molecular flexibility index (Phi) is 7.77. The van der Waals surface area contributed by atoms with Crippen molar-refractivity contribution in [2.45, 2.75) is 36.6 Å². The number of carbonyl (C=O) groups excluding carboxylic acids is 2. The third kappa shape index (κ3) is 5.02. The largest absolute Gasteiger partial charge is 0.508 e. The fourth-order valence-electron chi connectivity index (χ4n) is 4.69. The highest BCUT2D eigenvalue weighted by Crippen LogP contribution is 2.40. The second kappa shape index (κ2) is 10.8. The number of methoxy groups -OCH3 is 1. The van der Waals surface area contributed by atoms with Crippen molar-refractivity contribution >= 4 is 27.5 Å². The van der Waals surface area contributed by atoms with Gasteiger partial charge in [0.25, 0.3) is 11.7 Å². The molecule has 2 aromatic rings. The van der Waals surface area contributed by atoms with Gasteiger partial charge in [0, 0.05) is 38.9 Å². The number of aliphatic hydroxyl groups excluding tert-OH is 1. The summed E-state index contributed by atoms with van der Waals surface area (Å²) >= 11 is 0. The third-order valence-corrected chi connectivity index (χ3v) is 8.49. The molecule has 10 heteroatoms. The van der Waals surface area contributed by atoms with Crippen molar-refractivity contribution in [1.29, 1.82) is 0 Å². The van der Waals surface area contributed by atoms with E-state index in [1.54, 1.807) is 19.2 Å². The number of aliphatic hydroxyl groups is 1. The van der Waals surface area contributed by atoms with Crippen LogP contribution in [0.15, 0.2) is 59.0 Å². The third-order valence-electron chi connectivity index (χ3n) is 6.58. The number of Topliss-reactive ketones (excluding diaryl/α,β-unsaturated/α-hetero) is 1. The van der Waals surface area contributed by atoms with Crippen LogP contribution in [-0.2, 0) is 24.3 Å². The van der Waals surface area contributed by atoms with Gasteiger partial charge in [-0.05, 0) is 61.2 Å². The molecule has 36 heavy (non-hydrogen) atoms. The molecule has 2 N–H and O–H groups in total. The minimum Gasteiger partial charge on any atom is -0.508 e. The number of ether oxygens (including phenoxy) is 1. The molecule has 0 aromatic heterocycles. The topological polar surface area (TPSA) is 124 Å². The number of phenols is 1. The fraction of sp³-hybridized carbons (Fsp3) is 0.385. The molecular weight excluding hydrogens is 484 g/mol. The highest BCUT2D eigenvalue weighted by molar-refractivity contribution is 7.89. The molecular formula is C26H30N2O7S. The summed E-state index contributed by atoms with van der Waals surface area (Å²) in [5.41, 5.74) is 0.691. The van der Waals surface area contributed by atoms with Crippen LogP contribution in [0.3, 0.4) is 0 Å². The number of hydrogen-bond acceptors (Lipinski definition) is 7. The van der Waals surface area contributed by atoms with Crippen LogP contribution in [0, 0.1) is 0 Å². The van der Waals surface area contributed by atoms with Gasteiger partial charge in [-0.15, -0.1) is 0 Å². The van der Waals surface area contributed by atoms with Gasteiger partial charge < -0.3 is 19.8 Å². The highest BCUT2D eigenvalue weighted by Gasteiger charge is 2.45. The average Bonchev–Trinajstić information content (AvgIpc) is 3.14. The number of nitrogens with zero attached hydrogens (tertiary/aromatic N) is 2. The Bertz CT molecular complexity index is 1250. The second-order valence-corrected chi connectivity index (χ2v) is 10.9. The number of rotatable bonds is 8. The van der Waals surface area contributed by atoms with Crippen LogP contribution < -0.4 is 0 Å². The van der Waals surface area contributed by atoms with E-state index in [2.05, 4.69) is 0 Å². The van der Waals surface area contributed by atoms with Gasteiger partial charge in [-0.25, -0.2) is 8.42 Å². The van der Waals surface area contributed by atoms with Crippen LogP contribution >= 0.6 is 0 Å². The van der Waals surface area contributed by atoms with Gasteiger partial charge >= 0.3 is 0 Å². The Morgan fingerprint density at radius 2 is 1.64 bits per heavy atom. The molecule has 9 nitrogen and oxygen atoms in total. The lowest BCUT2D eigenvalue weighted by atomic mass is 9.95. The van der Waals surface area contributed by atoms with E-state index in [1.165, 1.54) is 45.6 Å². The first-order chi connectivity index (χ1) is 17.3. The Balaban J connectivity index is 1.71. The molecule has 1 atom stereocenters. The Hall–Kier alpha value is -3.21. The van der Waals surface area contributed by atoms with Crippen molar-refractivity contribution in [3.63, 3.8) is 0 Å². The molecule has 2 aliphatic heterocycles. The highest BCUT2D eigenvalue weighted by atomic mass is 32.2. The molecule has 2 heterocycles. The summed E-state index contributed by atoms with van der Waals surface area (Å²) in [5.74, 6) is -1.92. The molecule has 192 valence electrons. The number of hydrogen-bond donors (Lipinski definition) is 2. The zero-order valence-electron chi connectivity index (χ0n) is 20.1. The van der Waals surface area contributed by atoms with E-state index < -0.39 is 27.8 Å². The summed E-state index contributed by atoms with van der Waals surface area (Å²) in [6.07, 6.45) is 3.13. The van der Waals surface area contributed by atoms with Gasteiger partial charge in [0.2, 0.25) is 10.0 Å². The lowest BCUT2D eigenvalue weighted by Gasteiger charge is -2.26. The number of ketones is 1. The summed E-state index contributed by atoms with van der Waals surface area (Å²) in [7, 11) is -2.11. The van der Waals surface area contributed by atoms with Crippen molar-refractivity contribution in [2.75, 3.05) is 33.4 Å². The molecule has 0 spiro atoms. The van der Waals surface area contributed by atoms with Gasteiger partial charge in [0.05, 0.1) is 16.5 Å². The number of piperidine rings is 1. The van der Waals surface area contributed by atoms with E-state index in [0.29, 0.717) is 31.7 Å². The second-order valence-electron chi connectivity index (χ2n) is 8.92. The van der Waals surface area contributed by atoms with E-state index >= 15 is 0 Å². The lowest BCUT2D eigenvalue weighted by molar-refractivity contribution is -0.140. The monoisotopic (exact) mass is 514 g/mol. The van der Waals surface area contributed by atoms with Crippen LogP contribution in [0.4, 0.5) is 0 Å². The summed E-state index contributed by atoms with van der Waals surface area (Å²) in [6.45, 7) is 1.57. The van der Waals surface area contributed by atoms with Crippen LogP contribution in [-0.4, -0.2) is 72.9 Å². The van der Waals surface area contributed by atoms with Crippen molar-refractivity contribution in [2.24, 2.45) is 0 Å². The van der Waals surface area contributed by atoms with Crippen molar-refractivity contribution in [3.05, 3.63) is 65.2 Å². The van der Waals surface area contributed by atoms with E-state index in [-0.39, 0.29) is 34.1 Å². The molecule has 2 fully saturated rings. The minimum absolute atomic E-state index is 0.0283. The van der Waals surface area contributed by atoms with E-state index in [9.17, 15) is 28.2 Å². The van der Waals surface area contributed by atoms with Crippen molar-refractivity contribution < 1.29 is 33.0 Å². The van der Waals surface area contributed by atoms with Gasteiger partial charge in [-0.3, -0.25) is 9.59 Å². The maximum absolute atomic E-state index is 13.1. The first-order valence-corrected chi connectivity index (χ1v) is 13.4. The first kappa shape index (κ1) is 25.9. The molecule has 0 saturated carbocycles. The zero-order chi connectivity index (χ0) is 25.9. The van der Waals surface area contributed by atoms with Gasteiger partial charge in [0.1, 0.15) is 11.5 Å². The van der Waals surface area contributed by atoms with Gasteiger partial charge in [-0.2, -0.15) is 4.31 Å². The van der Waals surface area contributed by atoms with Crippen LogP contribution in [0.1, 0.15) is 42.9 Å². The normalized spacial score (nSPS) is 20.7. The molecule has 4 rings (SSSR count). The van der Waals surface area contributed by atoms with Gasteiger partial charge in [0.15, 0.2) is 0 Å². The Morgan fingerprint density at radius 3 is 2.25 bits per heavy atom. The molecule has 1 amide bonds. The number of aromatic hydroxyl groups is 1. The van der Waals surface area contributed by atoms with Crippen molar-refractivity contribution in [3.8, 4) is 5.75 Å². The summed E-state index contributed by atoms with van der Waals surface area (Å²) in [5, 5.41) is 20.9.